The molecule has 1 N–H and O–H groups in total. The molecular formula is C22H24N2O5S. The summed E-state index contributed by atoms with van der Waals surface area (Å²) in [6, 6.07) is 8.95. The molecule has 0 atom stereocenters. The second-order valence-corrected chi connectivity index (χ2v) is 8.73. The van der Waals surface area contributed by atoms with E-state index in [0.717, 1.165) is 4.88 Å². The first-order valence-electron chi connectivity index (χ1n) is 9.98. The zero-order chi connectivity index (χ0) is 21.1. The van der Waals surface area contributed by atoms with Crippen molar-refractivity contribution in [1.82, 2.24) is 10.2 Å². The summed E-state index contributed by atoms with van der Waals surface area (Å²) < 4.78 is 11.9. The first-order chi connectivity index (χ1) is 14.4. The maximum Gasteiger partial charge on any atom is 0.258 e. The van der Waals surface area contributed by atoms with E-state index in [2.05, 4.69) is 5.32 Å². The monoisotopic (exact) mass is 428 g/mol. The zero-order valence-electron chi connectivity index (χ0n) is 16.8. The zero-order valence-corrected chi connectivity index (χ0v) is 17.6. The van der Waals surface area contributed by atoms with E-state index in [1.54, 1.807) is 41.4 Å². The summed E-state index contributed by atoms with van der Waals surface area (Å²) >= 11 is 1.58. The van der Waals surface area contributed by atoms with Crippen molar-refractivity contribution in [2.75, 3.05) is 19.7 Å². The number of ether oxygens (including phenoxy) is 2. The molecule has 3 heterocycles. The van der Waals surface area contributed by atoms with Crippen molar-refractivity contribution in [3.05, 3.63) is 46.2 Å². The van der Waals surface area contributed by atoms with Crippen LogP contribution in [0, 0.1) is 0 Å². The van der Waals surface area contributed by atoms with Gasteiger partial charge in [-0.25, -0.2) is 0 Å². The van der Waals surface area contributed by atoms with Crippen molar-refractivity contribution >= 4 is 28.9 Å². The van der Waals surface area contributed by atoms with Gasteiger partial charge in [0.1, 0.15) is 17.1 Å². The number of rotatable bonds is 5. The van der Waals surface area contributed by atoms with Gasteiger partial charge in [-0.1, -0.05) is 6.07 Å². The molecule has 0 aliphatic carbocycles. The van der Waals surface area contributed by atoms with Gasteiger partial charge in [-0.15, -0.1) is 11.3 Å². The van der Waals surface area contributed by atoms with Crippen molar-refractivity contribution in [3.8, 4) is 11.5 Å². The van der Waals surface area contributed by atoms with Gasteiger partial charge in [0, 0.05) is 43.8 Å². The van der Waals surface area contributed by atoms with Crippen LogP contribution in [0.25, 0.3) is 0 Å². The maximum absolute atomic E-state index is 12.7. The second-order valence-electron chi connectivity index (χ2n) is 7.69. The number of carbonyl (C=O) groups is 3. The van der Waals surface area contributed by atoms with E-state index in [4.69, 9.17) is 9.47 Å². The molecule has 30 heavy (non-hydrogen) atoms. The first-order valence-corrected chi connectivity index (χ1v) is 10.9. The van der Waals surface area contributed by atoms with Gasteiger partial charge >= 0.3 is 0 Å². The third-order valence-corrected chi connectivity index (χ3v) is 6.47. The molecule has 0 unspecified atom stereocenters. The number of amides is 2. The maximum atomic E-state index is 12.7. The Morgan fingerprint density at radius 2 is 2.07 bits per heavy atom. The highest BCUT2D eigenvalue weighted by molar-refractivity contribution is 7.09. The van der Waals surface area contributed by atoms with Crippen LogP contribution in [0.4, 0.5) is 0 Å². The van der Waals surface area contributed by atoms with Gasteiger partial charge in [0.05, 0.1) is 18.5 Å². The van der Waals surface area contributed by atoms with Crippen LogP contribution in [-0.2, 0) is 16.1 Å². The number of likely N-dealkylation sites (tertiary alicyclic amines) is 1. The van der Waals surface area contributed by atoms with Crippen molar-refractivity contribution < 1.29 is 23.9 Å². The van der Waals surface area contributed by atoms with Gasteiger partial charge in [0.15, 0.2) is 12.4 Å². The van der Waals surface area contributed by atoms with E-state index < -0.39 is 5.60 Å². The molecule has 1 fully saturated rings. The molecule has 158 valence electrons. The van der Waals surface area contributed by atoms with Crippen molar-refractivity contribution in [2.24, 2.45) is 0 Å². The summed E-state index contributed by atoms with van der Waals surface area (Å²) in [5, 5.41) is 4.77. The number of piperidine rings is 1. The quantitative estimate of drug-likeness (QED) is 0.792. The minimum Gasteiger partial charge on any atom is -0.486 e. The number of Topliss-reactive ketones (excluding diaryl/α,β-unsaturated/α-hetero) is 1. The highest BCUT2D eigenvalue weighted by Crippen LogP contribution is 2.40. The molecule has 2 aliphatic rings. The van der Waals surface area contributed by atoms with Gasteiger partial charge in [-0.05, 0) is 23.6 Å². The smallest absolute Gasteiger partial charge is 0.258 e. The molecule has 1 aromatic carbocycles. The SMILES string of the molecule is CC(=O)N1CCC2(CC1)CC(=O)c1ccc(OCC(=O)NCc3cccs3)cc1O2. The van der Waals surface area contributed by atoms with Gasteiger partial charge in [0.2, 0.25) is 5.91 Å². The number of nitrogens with one attached hydrogen (secondary N) is 1. The van der Waals surface area contributed by atoms with Crippen molar-refractivity contribution in [1.29, 1.82) is 0 Å². The molecule has 2 amide bonds. The molecule has 4 rings (SSSR count). The Bertz CT molecular complexity index is 948. The predicted molar refractivity (Wildman–Crippen MR) is 112 cm³/mol. The van der Waals surface area contributed by atoms with E-state index in [1.165, 1.54) is 0 Å². The van der Waals surface area contributed by atoms with Crippen molar-refractivity contribution in [3.63, 3.8) is 0 Å². The topological polar surface area (TPSA) is 84.9 Å². The average Bonchev–Trinajstić information content (AvgIpc) is 3.24. The van der Waals surface area contributed by atoms with E-state index in [9.17, 15) is 14.4 Å². The van der Waals surface area contributed by atoms with E-state index >= 15 is 0 Å². The van der Waals surface area contributed by atoms with Crippen LogP contribution in [0.15, 0.2) is 35.7 Å². The van der Waals surface area contributed by atoms with E-state index in [-0.39, 0.29) is 24.2 Å². The number of hydrogen-bond acceptors (Lipinski definition) is 6. The number of thiophene rings is 1. The van der Waals surface area contributed by atoms with Crippen molar-refractivity contribution in [2.45, 2.75) is 38.3 Å². The van der Waals surface area contributed by atoms with Crippen LogP contribution in [0.3, 0.4) is 0 Å². The molecular weight excluding hydrogens is 404 g/mol. The lowest BCUT2D eigenvalue weighted by Crippen LogP contribution is -2.51. The summed E-state index contributed by atoms with van der Waals surface area (Å²) in [5.41, 5.74) is -0.0451. The summed E-state index contributed by atoms with van der Waals surface area (Å²) in [6.45, 7) is 3.08. The molecule has 8 heteroatoms. The fourth-order valence-electron chi connectivity index (χ4n) is 3.87. The fourth-order valence-corrected chi connectivity index (χ4v) is 4.52. The van der Waals surface area contributed by atoms with Gasteiger partial charge in [-0.2, -0.15) is 0 Å². The van der Waals surface area contributed by atoms with Crippen LogP contribution in [-0.4, -0.2) is 47.8 Å². The number of hydrogen-bond donors (Lipinski definition) is 1. The number of ketones is 1. The molecule has 1 aromatic heterocycles. The lowest BCUT2D eigenvalue weighted by Gasteiger charge is -2.43. The molecule has 7 nitrogen and oxygen atoms in total. The predicted octanol–water partition coefficient (Wildman–Crippen LogP) is 2.79. The minimum absolute atomic E-state index is 0.0350. The van der Waals surface area contributed by atoms with Gasteiger partial charge in [0.25, 0.3) is 5.91 Å². The number of carbonyl (C=O) groups excluding carboxylic acids is 3. The first kappa shape index (κ1) is 20.4. The highest BCUT2D eigenvalue weighted by Gasteiger charge is 2.43. The molecule has 0 bridgehead atoms. The van der Waals surface area contributed by atoms with E-state index in [1.807, 2.05) is 17.5 Å². The molecule has 2 aromatic rings. The average molecular weight is 429 g/mol. The Labute approximate surface area is 179 Å². The Morgan fingerprint density at radius 1 is 1.27 bits per heavy atom. The van der Waals surface area contributed by atoms with Crippen LogP contribution in [0.2, 0.25) is 0 Å². The summed E-state index contributed by atoms with van der Waals surface area (Å²) in [6.07, 6.45) is 1.55. The van der Waals surface area contributed by atoms with Crippen LogP contribution < -0.4 is 14.8 Å². The molecule has 0 saturated carbocycles. The summed E-state index contributed by atoms with van der Waals surface area (Å²) in [4.78, 5) is 39.2. The summed E-state index contributed by atoms with van der Waals surface area (Å²) in [7, 11) is 0. The van der Waals surface area contributed by atoms with E-state index in [0.29, 0.717) is 56.0 Å². The number of benzene rings is 1. The number of fused-ring (bicyclic) bond motifs is 1. The largest absolute Gasteiger partial charge is 0.486 e. The standard InChI is InChI=1S/C22H24N2O5S/c1-15(25)24-8-6-22(7-9-24)12-19(26)18-5-4-16(11-20(18)29-22)28-14-21(27)23-13-17-3-2-10-30-17/h2-5,10-11H,6-9,12-14H2,1H3,(H,23,27). The van der Waals surface area contributed by atoms with Gasteiger partial charge in [-0.3, -0.25) is 14.4 Å². The lowest BCUT2D eigenvalue weighted by molar-refractivity contribution is -0.132. The van der Waals surface area contributed by atoms with Crippen LogP contribution in [0.5, 0.6) is 11.5 Å². The Morgan fingerprint density at radius 3 is 2.77 bits per heavy atom. The lowest BCUT2D eigenvalue weighted by atomic mass is 9.82. The van der Waals surface area contributed by atoms with Gasteiger partial charge < -0.3 is 19.7 Å². The Hall–Kier alpha value is -2.87. The highest BCUT2D eigenvalue weighted by atomic mass is 32.1. The minimum atomic E-state index is -0.577. The van der Waals surface area contributed by atoms with Crippen LogP contribution in [0.1, 0.15) is 41.4 Å². The second kappa shape index (κ2) is 8.47. The summed E-state index contributed by atoms with van der Waals surface area (Å²) in [5.74, 6) is 0.824. The third kappa shape index (κ3) is 4.48. The molecule has 0 radical (unpaired) electrons. The fraction of sp³-hybridized carbons (Fsp3) is 0.409. The molecule has 2 aliphatic heterocycles. The van der Waals surface area contributed by atoms with Crippen LogP contribution >= 0.6 is 11.3 Å². The molecule has 1 saturated heterocycles. The third-order valence-electron chi connectivity index (χ3n) is 5.59. The molecule has 1 spiro atoms. The number of nitrogens with zero attached hydrogens (tertiary/aromatic N) is 1. The normalized spacial score (nSPS) is 17.2. The Kier molecular flexibility index (Phi) is 5.76. The Balaban J connectivity index is 1.37.